The number of benzene rings is 1. The molecule has 2 aromatic rings. The zero-order valence-corrected chi connectivity index (χ0v) is 12.5. The number of carbonyl (C=O) groups excluding carboxylic acids is 1. The molecule has 1 amide bonds. The van der Waals surface area contributed by atoms with E-state index in [0.717, 1.165) is 29.9 Å². The Labute approximate surface area is 124 Å². The van der Waals surface area contributed by atoms with Gasteiger partial charge in [-0.1, -0.05) is 6.07 Å². The van der Waals surface area contributed by atoms with Crippen molar-refractivity contribution in [2.24, 2.45) is 0 Å². The molecule has 0 aliphatic heterocycles. The minimum atomic E-state index is -0.0723. The lowest BCUT2D eigenvalue weighted by atomic mass is 9.90. The Morgan fingerprint density at radius 2 is 2.00 bits per heavy atom. The smallest absolute Gasteiger partial charge is 0.251 e. The average Bonchev–Trinajstić information content (AvgIpc) is 2.83. The molecule has 1 aliphatic carbocycles. The summed E-state index contributed by atoms with van der Waals surface area (Å²) in [5, 5.41) is 2.87. The van der Waals surface area contributed by atoms with Gasteiger partial charge in [-0.15, -0.1) is 0 Å². The molecule has 1 N–H and O–H groups in total. The summed E-state index contributed by atoms with van der Waals surface area (Å²) in [6.07, 6.45) is 4.68. The van der Waals surface area contributed by atoms with Crippen molar-refractivity contribution in [1.29, 1.82) is 0 Å². The first-order valence-corrected chi connectivity index (χ1v) is 7.46. The van der Waals surface area contributed by atoms with Gasteiger partial charge in [0.25, 0.3) is 5.91 Å². The van der Waals surface area contributed by atoms with Crippen LogP contribution in [-0.2, 0) is 19.4 Å². The first-order chi connectivity index (χ1) is 10.1. The van der Waals surface area contributed by atoms with E-state index >= 15 is 0 Å². The SMILES string of the molecule is Cc1nc(CNC(=O)c2ccc3c(c2)CCCC3)oc1C. The molecule has 3 rings (SSSR count). The minimum absolute atomic E-state index is 0.0723. The molecule has 1 aliphatic rings. The molecule has 1 heterocycles. The Morgan fingerprint density at radius 3 is 2.71 bits per heavy atom. The standard InChI is InChI=1S/C17H20N2O2/c1-11-12(2)21-16(19-11)10-18-17(20)15-8-7-13-5-3-4-6-14(13)9-15/h7-9H,3-6,10H2,1-2H3,(H,18,20). The molecule has 1 aromatic heterocycles. The molecule has 0 saturated heterocycles. The average molecular weight is 284 g/mol. The van der Waals surface area contributed by atoms with Crippen LogP contribution in [0.3, 0.4) is 0 Å². The van der Waals surface area contributed by atoms with Crippen molar-refractivity contribution in [3.8, 4) is 0 Å². The summed E-state index contributed by atoms with van der Waals surface area (Å²) in [5.74, 6) is 1.28. The van der Waals surface area contributed by atoms with Crippen LogP contribution in [0.1, 0.15) is 51.7 Å². The molecule has 0 saturated carbocycles. The second-order valence-electron chi connectivity index (χ2n) is 5.62. The van der Waals surface area contributed by atoms with Crippen molar-refractivity contribution in [3.63, 3.8) is 0 Å². The molecule has 0 atom stereocenters. The zero-order valence-electron chi connectivity index (χ0n) is 12.5. The lowest BCUT2D eigenvalue weighted by Gasteiger charge is -2.16. The van der Waals surface area contributed by atoms with Gasteiger partial charge in [0.05, 0.1) is 12.2 Å². The molecular formula is C17H20N2O2. The van der Waals surface area contributed by atoms with Gasteiger partial charge in [0.1, 0.15) is 5.76 Å². The highest BCUT2D eigenvalue weighted by atomic mass is 16.4. The van der Waals surface area contributed by atoms with Crippen LogP contribution in [0, 0.1) is 13.8 Å². The van der Waals surface area contributed by atoms with Crippen molar-refractivity contribution in [2.75, 3.05) is 0 Å². The van der Waals surface area contributed by atoms with E-state index < -0.39 is 0 Å². The molecule has 0 spiro atoms. The van der Waals surface area contributed by atoms with E-state index in [-0.39, 0.29) is 5.91 Å². The Hall–Kier alpha value is -2.10. The maximum atomic E-state index is 12.2. The Balaban J connectivity index is 1.67. The van der Waals surface area contributed by atoms with Gasteiger partial charge in [-0.25, -0.2) is 4.98 Å². The van der Waals surface area contributed by atoms with Crippen LogP contribution in [0.4, 0.5) is 0 Å². The van der Waals surface area contributed by atoms with Crippen LogP contribution in [0.5, 0.6) is 0 Å². The monoisotopic (exact) mass is 284 g/mol. The van der Waals surface area contributed by atoms with E-state index in [1.807, 2.05) is 26.0 Å². The largest absolute Gasteiger partial charge is 0.444 e. The third-order valence-electron chi connectivity index (χ3n) is 4.08. The number of aryl methyl sites for hydroxylation is 4. The van der Waals surface area contributed by atoms with Gasteiger partial charge in [0.2, 0.25) is 5.89 Å². The van der Waals surface area contributed by atoms with E-state index in [0.29, 0.717) is 12.4 Å². The Kier molecular flexibility index (Phi) is 3.78. The summed E-state index contributed by atoms with van der Waals surface area (Å²) < 4.78 is 5.47. The fourth-order valence-corrected chi connectivity index (χ4v) is 2.75. The molecule has 0 bridgehead atoms. The van der Waals surface area contributed by atoms with Crippen LogP contribution in [0.25, 0.3) is 0 Å². The van der Waals surface area contributed by atoms with Crippen LogP contribution in [-0.4, -0.2) is 10.9 Å². The first-order valence-electron chi connectivity index (χ1n) is 7.46. The number of hydrogen-bond acceptors (Lipinski definition) is 3. The number of aromatic nitrogens is 1. The normalized spacial score (nSPS) is 13.8. The minimum Gasteiger partial charge on any atom is -0.444 e. The van der Waals surface area contributed by atoms with Crippen LogP contribution < -0.4 is 5.32 Å². The second kappa shape index (κ2) is 5.72. The van der Waals surface area contributed by atoms with Gasteiger partial charge in [0.15, 0.2) is 0 Å². The molecule has 21 heavy (non-hydrogen) atoms. The van der Waals surface area contributed by atoms with Crippen molar-refractivity contribution in [2.45, 2.75) is 46.1 Å². The molecule has 0 radical (unpaired) electrons. The summed E-state index contributed by atoms with van der Waals surface area (Å²) in [6, 6.07) is 6.02. The summed E-state index contributed by atoms with van der Waals surface area (Å²) in [4.78, 5) is 16.5. The summed E-state index contributed by atoms with van der Waals surface area (Å²) in [5.41, 5.74) is 4.29. The van der Waals surface area contributed by atoms with Gasteiger partial charge in [-0.2, -0.15) is 0 Å². The van der Waals surface area contributed by atoms with Gasteiger partial charge in [-0.3, -0.25) is 4.79 Å². The van der Waals surface area contributed by atoms with E-state index in [1.54, 1.807) is 0 Å². The van der Waals surface area contributed by atoms with Crippen LogP contribution in [0.15, 0.2) is 22.6 Å². The highest BCUT2D eigenvalue weighted by molar-refractivity contribution is 5.94. The molecule has 1 aromatic carbocycles. The van der Waals surface area contributed by atoms with E-state index in [9.17, 15) is 4.79 Å². The van der Waals surface area contributed by atoms with Crippen LogP contribution >= 0.6 is 0 Å². The zero-order chi connectivity index (χ0) is 14.8. The summed E-state index contributed by atoms with van der Waals surface area (Å²) in [6.45, 7) is 4.09. The molecule has 110 valence electrons. The number of oxazole rings is 1. The van der Waals surface area contributed by atoms with Gasteiger partial charge in [-0.05, 0) is 62.8 Å². The topological polar surface area (TPSA) is 55.1 Å². The Morgan fingerprint density at radius 1 is 1.24 bits per heavy atom. The quantitative estimate of drug-likeness (QED) is 0.942. The number of rotatable bonds is 3. The predicted octanol–water partition coefficient (Wildman–Crippen LogP) is 3.10. The molecule has 4 heteroatoms. The van der Waals surface area contributed by atoms with Gasteiger partial charge < -0.3 is 9.73 Å². The number of carbonyl (C=O) groups is 1. The van der Waals surface area contributed by atoms with Crippen LogP contribution in [0.2, 0.25) is 0 Å². The summed E-state index contributed by atoms with van der Waals surface area (Å²) >= 11 is 0. The van der Waals surface area contributed by atoms with E-state index in [1.165, 1.54) is 24.0 Å². The number of nitrogens with zero attached hydrogens (tertiary/aromatic N) is 1. The third kappa shape index (κ3) is 2.99. The van der Waals surface area contributed by atoms with Gasteiger partial charge >= 0.3 is 0 Å². The van der Waals surface area contributed by atoms with E-state index in [4.69, 9.17) is 4.42 Å². The maximum Gasteiger partial charge on any atom is 0.251 e. The van der Waals surface area contributed by atoms with Gasteiger partial charge in [0, 0.05) is 5.56 Å². The fraction of sp³-hybridized carbons (Fsp3) is 0.412. The van der Waals surface area contributed by atoms with Crippen molar-refractivity contribution in [3.05, 3.63) is 52.2 Å². The van der Waals surface area contributed by atoms with E-state index in [2.05, 4.69) is 16.4 Å². The first kappa shape index (κ1) is 13.9. The lowest BCUT2D eigenvalue weighted by molar-refractivity contribution is 0.0947. The number of fused-ring (bicyclic) bond motifs is 1. The highest BCUT2D eigenvalue weighted by Crippen LogP contribution is 2.22. The summed E-state index contributed by atoms with van der Waals surface area (Å²) in [7, 11) is 0. The highest BCUT2D eigenvalue weighted by Gasteiger charge is 2.13. The predicted molar refractivity (Wildman–Crippen MR) is 80.2 cm³/mol. The molecule has 4 nitrogen and oxygen atoms in total. The number of nitrogens with one attached hydrogen (secondary N) is 1. The lowest BCUT2D eigenvalue weighted by Crippen LogP contribution is -2.23. The van der Waals surface area contributed by atoms with Crippen molar-refractivity contribution >= 4 is 5.91 Å². The fourth-order valence-electron chi connectivity index (χ4n) is 2.75. The Bertz CT molecular complexity index is 654. The number of amides is 1. The number of hydrogen-bond donors (Lipinski definition) is 1. The van der Waals surface area contributed by atoms with Crippen molar-refractivity contribution in [1.82, 2.24) is 10.3 Å². The second-order valence-corrected chi connectivity index (χ2v) is 5.62. The maximum absolute atomic E-state index is 12.2. The molecule has 0 fully saturated rings. The third-order valence-corrected chi connectivity index (χ3v) is 4.08. The van der Waals surface area contributed by atoms with Crippen molar-refractivity contribution < 1.29 is 9.21 Å². The molecular weight excluding hydrogens is 264 g/mol. The molecule has 0 unspecified atom stereocenters.